The first-order valence-corrected chi connectivity index (χ1v) is 13.4. The molecule has 0 bridgehead atoms. The minimum Gasteiger partial charge on any atom is -0.507 e. The number of terminal acetylenes is 1. The summed E-state index contributed by atoms with van der Waals surface area (Å²) in [4.78, 5) is 40.7. The molecule has 1 saturated carbocycles. The summed E-state index contributed by atoms with van der Waals surface area (Å²) < 4.78 is 0. The van der Waals surface area contributed by atoms with E-state index in [0.717, 1.165) is 6.42 Å². The van der Waals surface area contributed by atoms with E-state index in [4.69, 9.17) is 6.42 Å². The van der Waals surface area contributed by atoms with Crippen molar-refractivity contribution >= 4 is 23.1 Å². The molecule has 0 spiro atoms. The van der Waals surface area contributed by atoms with E-state index in [1.54, 1.807) is 19.9 Å². The minimum absolute atomic E-state index is 0.0839. The summed E-state index contributed by atoms with van der Waals surface area (Å²) in [6.07, 6.45) is 7.75. The first-order valence-electron chi connectivity index (χ1n) is 13.4. The van der Waals surface area contributed by atoms with Crippen LogP contribution >= 0.6 is 0 Å². The Labute approximate surface area is 230 Å². The third kappa shape index (κ3) is 3.88. The molecule has 1 aromatic carbocycles. The molecule has 0 aromatic heterocycles. The van der Waals surface area contributed by atoms with Crippen LogP contribution in [0.25, 0.3) is 5.76 Å². The van der Waals surface area contributed by atoms with E-state index in [1.807, 2.05) is 20.8 Å². The number of aromatic hydroxyl groups is 1. The third-order valence-electron chi connectivity index (χ3n) is 9.04. The Morgan fingerprint density at radius 2 is 1.82 bits per heavy atom. The van der Waals surface area contributed by atoms with Crippen LogP contribution in [0.5, 0.6) is 5.75 Å². The number of allylic oxidation sites excluding steroid dienone is 1. The van der Waals surface area contributed by atoms with Crippen molar-refractivity contribution in [3.05, 3.63) is 45.5 Å². The van der Waals surface area contributed by atoms with Gasteiger partial charge in [0.15, 0.2) is 11.4 Å². The molecule has 3 aliphatic rings. The number of benzene rings is 1. The van der Waals surface area contributed by atoms with Crippen molar-refractivity contribution in [2.45, 2.75) is 79.2 Å². The predicted molar refractivity (Wildman–Crippen MR) is 148 cm³/mol. The van der Waals surface area contributed by atoms with E-state index in [1.165, 1.54) is 13.0 Å². The fraction of sp³-hybridized carbons (Fsp3) is 0.485. The molecule has 0 heterocycles. The van der Waals surface area contributed by atoms with Crippen LogP contribution < -0.4 is 0 Å². The van der Waals surface area contributed by atoms with E-state index in [2.05, 4.69) is 17.8 Å². The molecular weight excluding hydrogens is 492 g/mol. The van der Waals surface area contributed by atoms with Crippen LogP contribution in [-0.4, -0.2) is 38.3 Å². The van der Waals surface area contributed by atoms with Crippen LogP contribution in [0, 0.1) is 46.9 Å². The van der Waals surface area contributed by atoms with Gasteiger partial charge in [-0.05, 0) is 62.6 Å². The molecule has 6 heteroatoms. The lowest BCUT2D eigenvalue weighted by atomic mass is 9.42. The smallest absolute Gasteiger partial charge is 0.206 e. The Morgan fingerprint density at radius 3 is 2.41 bits per heavy atom. The maximum absolute atomic E-state index is 14.3. The highest BCUT2D eigenvalue weighted by Crippen LogP contribution is 2.65. The lowest BCUT2D eigenvalue weighted by Crippen LogP contribution is -2.70. The molecular formula is C33H36O6. The molecule has 1 aromatic rings. The van der Waals surface area contributed by atoms with Crippen molar-refractivity contribution < 1.29 is 29.7 Å². The lowest BCUT2D eigenvalue weighted by Gasteiger charge is -2.60. The number of aliphatic hydroxyl groups is 2. The molecule has 4 atom stereocenters. The number of phenols is 1. The van der Waals surface area contributed by atoms with Gasteiger partial charge in [0.05, 0.1) is 11.1 Å². The zero-order valence-electron chi connectivity index (χ0n) is 23.5. The third-order valence-corrected chi connectivity index (χ3v) is 9.04. The molecule has 4 rings (SSSR count). The summed E-state index contributed by atoms with van der Waals surface area (Å²) >= 11 is 0. The first-order chi connectivity index (χ1) is 18.2. The van der Waals surface area contributed by atoms with Crippen LogP contribution in [0.2, 0.25) is 0 Å². The molecule has 0 saturated heterocycles. The number of fused-ring (bicyclic) bond motifs is 3. The summed E-state index contributed by atoms with van der Waals surface area (Å²) in [5, 5.41) is 34.4. The Hall–Kier alpha value is -3.61. The lowest BCUT2D eigenvalue weighted by molar-refractivity contribution is -0.180. The Bertz CT molecular complexity index is 1470. The van der Waals surface area contributed by atoms with Crippen LogP contribution in [0.15, 0.2) is 28.9 Å². The van der Waals surface area contributed by atoms with Crippen molar-refractivity contribution in [1.29, 1.82) is 0 Å². The van der Waals surface area contributed by atoms with Crippen LogP contribution in [0.4, 0.5) is 0 Å². The second-order valence-electron chi connectivity index (χ2n) is 12.1. The van der Waals surface area contributed by atoms with Crippen LogP contribution in [0.3, 0.4) is 0 Å². The number of Topliss-reactive ketones (excluding diaryl/α,β-unsaturated/α-hetero) is 3. The average molecular weight is 529 g/mol. The fourth-order valence-electron chi connectivity index (χ4n) is 7.80. The van der Waals surface area contributed by atoms with Gasteiger partial charge in [-0.15, -0.1) is 12.3 Å². The van der Waals surface area contributed by atoms with Crippen molar-refractivity contribution in [2.75, 3.05) is 0 Å². The minimum atomic E-state index is -2.53. The van der Waals surface area contributed by atoms with Crippen LogP contribution in [0.1, 0.15) is 83.9 Å². The monoisotopic (exact) mass is 528 g/mol. The fourth-order valence-corrected chi connectivity index (χ4v) is 7.80. The van der Waals surface area contributed by atoms with Gasteiger partial charge in [-0.3, -0.25) is 14.4 Å². The second-order valence-corrected chi connectivity index (χ2v) is 12.1. The zero-order valence-corrected chi connectivity index (χ0v) is 23.5. The van der Waals surface area contributed by atoms with Crippen molar-refractivity contribution in [1.82, 2.24) is 0 Å². The summed E-state index contributed by atoms with van der Waals surface area (Å²) in [7, 11) is 0. The van der Waals surface area contributed by atoms with Crippen molar-refractivity contribution in [3.63, 3.8) is 0 Å². The van der Waals surface area contributed by atoms with Gasteiger partial charge >= 0.3 is 0 Å². The van der Waals surface area contributed by atoms with Gasteiger partial charge in [0.25, 0.3) is 0 Å². The molecule has 39 heavy (non-hydrogen) atoms. The number of phenolic OH excluding ortho intramolecular Hbond substituents is 1. The maximum atomic E-state index is 14.3. The highest BCUT2D eigenvalue weighted by molar-refractivity contribution is 6.33. The largest absolute Gasteiger partial charge is 0.507 e. The SMILES string of the molecule is C#CCCCC#Cc1ccc(O)c2c1C[C@@]1(C)C[C@@]3(C)[C@H](C(C)C)C(C)=C(C(C)=O)C(=O)[C@@]3(O)C(=O)C1=C2O. The first kappa shape index (κ1) is 28.4. The number of hydrogen-bond acceptors (Lipinski definition) is 6. The highest BCUT2D eigenvalue weighted by Gasteiger charge is 2.71. The number of carbonyl (C=O) groups excluding carboxylic acids is 3. The number of rotatable bonds is 4. The van der Waals surface area contributed by atoms with E-state index in [0.29, 0.717) is 29.5 Å². The standard InChI is InChI=1S/C33H36O6/c1-8-9-10-11-12-13-21-14-15-23(35)25-22(21)16-31(6)17-32(7)26(18(2)3)19(4)24(20(5)34)29(37)33(32,39)30(38)27(31)28(25)36/h1,14-15,18,26,35-36,39H,9-11,16-17H2,2-7H3/t26-,31+,32+,33-/m1/s1. The molecule has 3 N–H and O–H groups in total. The number of ketones is 3. The summed E-state index contributed by atoms with van der Waals surface area (Å²) in [5.41, 5.74) is -3.08. The van der Waals surface area contributed by atoms with E-state index in [-0.39, 0.29) is 41.2 Å². The average Bonchev–Trinajstić information content (AvgIpc) is 2.82. The normalized spacial score (nSPS) is 29.8. The predicted octanol–water partition coefficient (Wildman–Crippen LogP) is 4.85. The van der Waals surface area contributed by atoms with Gasteiger partial charge in [-0.2, -0.15) is 0 Å². The summed E-state index contributed by atoms with van der Waals surface area (Å²) in [6.45, 7) is 10.5. The number of unbranched alkanes of at least 4 members (excludes halogenated alkanes) is 2. The maximum Gasteiger partial charge on any atom is 0.206 e. The Kier molecular flexibility index (Phi) is 6.95. The van der Waals surface area contributed by atoms with Gasteiger partial charge in [0, 0.05) is 34.8 Å². The van der Waals surface area contributed by atoms with Gasteiger partial charge in [-0.25, -0.2) is 0 Å². The van der Waals surface area contributed by atoms with Gasteiger partial charge in [0.2, 0.25) is 11.6 Å². The zero-order chi connectivity index (χ0) is 29.1. The number of carbonyl (C=O) groups is 3. The van der Waals surface area contributed by atoms with Gasteiger partial charge < -0.3 is 15.3 Å². The highest BCUT2D eigenvalue weighted by atomic mass is 16.3. The Morgan fingerprint density at radius 1 is 1.15 bits per heavy atom. The Balaban J connectivity index is 1.97. The van der Waals surface area contributed by atoms with E-state index >= 15 is 0 Å². The van der Waals surface area contributed by atoms with Gasteiger partial charge in [0.1, 0.15) is 11.5 Å². The molecule has 3 aliphatic carbocycles. The molecule has 204 valence electrons. The van der Waals surface area contributed by atoms with Crippen molar-refractivity contribution in [2.24, 2.45) is 22.7 Å². The number of aliphatic hydroxyl groups excluding tert-OH is 1. The molecule has 0 aliphatic heterocycles. The molecule has 6 nitrogen and oxygen atoms in total. The van der Waals surface area contributed by atoms with Crippen molar-refractivity contribution in [3.8, 4) is 29.9 Å². The van der Waals surface area contributed by atoms with Gasteiger partial charge in [-0.1, -0.05) is 45.1 Å². The molecule has 0 unspecified atom stereocenters. The molecule has 1 fully saturated rings. The van der Waals surface area contributed by atoms with E-state index in [9.17, 15) is 29.7 Å². The van der Waals surface area contributed by atoms with E-state index < -0.39 is 45.5 Å². The molecule has 0 radical (unpaired) electrons. The number of hydrogen-bond donors (Lipinski definition) is 3. The summed E-state index contributed by atoms with van der Waals surface area (Å²) in [5.74, 6) is 5.29. The topological polar surface area (TPSA) is 112 Å². The summed E-state index contributed by atoms with van der Waals surface area (Å²) in [6, 6.07) is 3.11. The second kappa shape index (κ2) is 9.54. The molecule has 0 amide bonds. The van der Waals surface area contributed by atoms with Crippen LogP contribution in [-0.2, 0) is 20.8 Å². The quantitative estimate of drug-likeness (QED) is 0.223.